The van der Waals surface area contributed by atoms with E-state index >= 15 is 0 Å². The lowest BCUT2D eigenvalue weighted by Gasteiger charge is -2.38. The van der Waals surface area contributed by atoms with Gasteiger partial charge in [0, 0.05) is 26.2 Å². The summed E-state index contributed by atoms with van der Waals surface area (Å²) in [6.45, 7) is 13.0. The van der Waals surface area contributed by atoms with E-state index < -0.39 is 0 Å². The van der Waals surface area contributed by atoms with E-state index in [0.717, 1.165) is 32.8 Å². The molecule has 3 heteroatoms. The first-order valence-electron chi connectivity index (χ1n) is 6.71. The normalized spacial score (nSPS) is 21.2. The number of rotatable bonds is 7. The molecule has 1 rings (SSSR count). The molecule has 0 saturated carbocycles. The molecule has 1 aliphatic rings. The van der Waals surface area contributed by atoms with E-state index in [1.807, 2.05) is 0 Å². The number of morpholine rings is 1. The molecule has 0 radical (unpaired) electrons. The molecule has 3 nitrogen and oxygen atoms in total. The Labute approximate surface area is 101 Å². The quantitative estimate of drug-likeness (QED) is 0.673. The van der Waals surface area contributed by atoms with Crippen LogP contribution in [0.4, 0.5) is 0 Å². The topological polar surface area (TPSA) is 24.5 Å². The van der Waals surface area contributed by atoms with Crippen LogP contribution in [-0.2, 0) is 4.74 Å². The van der Waals surface area contributed by atoms with Gasteiger partial charge in [-0.05, 0) is 26.8 Å². The molecule has 0 aromatic carbocycles. The highest BCUT2D eigenvalue weighted by molar-refractivity contribution is 4.79. The molecule has 0 aliphatic carbocycles. The lowest BCUT2D eigenvalue weighted by molar-refractivity contribution is -0.0854. The average molecular weight is 228 g/mol. The van der Waals surface area contributed by atoms with Crippen LogP contribution in [0.1, 0.15) is 40.0 Å². The minimum atomic E-state index is 0.0421. The van der Waals surface area contributed by atoms with E-state index in [4.69, 9.17) is 4.74 Å². The third kappa shape index (κ3) is 5.83. The minimum absolute atomic E-state index is 0.0421. The second kappa shape index (κ2) is 7.25. The Morgan fingerprint density at radius 3 is 2.75 bits per heavy atom. The van der Waals surface area contributed by atoms with Gasteiger partial charge in [-0.1, -0.05) is 19.8 Å². The summed E-state index contributed by atoms with van der Waals surface area (Å²) in [5.74, 6) is 0. The maximum Gasteiger partial charge on any atom is 0.0753 e. The number of nitrogens with one attached hydrogen (secondary N) is 1. The van der Waals surface area contributed by atoms with Crippen LogP contribution in [0.2, 0.25) is 0 Å². The molecule has 0 atom stereocenters. The third-order valence-corrected chi connectivity index (χ3v) is 3.07. The van der Waals surface area contributed by atoms with Crippen molar-refractivity contribution in [3.05, 3.63) is 0 Å². The van der Waals surface area contributed by atoms with Gasteiger partial charge in [0.1, 0.15) is 0 Å². The zero-order valence-corrected chi connectivity index (χ0v) is 11.2. The summed E-state index contributed by atoms with van der Waals surface area (Å²) in [5, 5.41) is 3.51. The first-order chi connectivity index (χ1) is 7.64. The van der Waals surface area contributed by atoms with Gasteiger partial charge in [-0.3, -0.25) is 4.90 Å². The highest BCUT2D eigenvalue weighted by Crippen LogP contribution is 2.15. The first kappa shape index (κ1) is 13.9. The standard InChI is InChI=1S/C13H28N2O/c1-4-5-6-7-14-8-9-15-10-11-16-13(2,3)12-15/h14H,4-12H2,1-3H3. The van der Waals surface area contributed by atoms with E-state index in [0.29, 0.717) is 0 Å². The largest absolute Gasteiger partial charge is 0.373 e. The molecule has 16 heavy (non-hydrogen) atoms. The Kier molecular flexibility index (Phi) is 6.32. The zero-order valence-electron chi connectivity index (χ0n) is 11.2. The maximum atomic E-state index is 5.69. The summed E-state index contributed by atoms with van der Waals surface area (Å²) in [7, 11) is 0. The molecule has 0 bridgehead atoms. The molecule has 0 amide bonds. The number of nitrogens with zero attached hydrogens (tertiary/aromatic N) is 1. The van der Waals surface area contributed by atoms with Crippen molar-refractivity contribution in [3.63, 3.8) is 0 Å². The average Bonchev–Trinajstić information content (AvgIpc) is 2.22. The van der Waals surface area contributed by atoms with E-state index in [1.165, 1.54) is 25.8 Å². The van der Waals surface area contributed by atoms with Gasteiger partial charge in [0.05, 0.1) is 12.2 Å². The summed E-state index contributed by atoms with van der Waals surface area (Å²) in [5.41, 5.74) is 0.0421. The smallest absolute Gasteiger partial charge is 0.0753 e. The van der Waals surface area contributed by atoms with E-state index in [2.05, 4.69) is 31.0 Å². The van der Waals surface area contributed by atoms with Crippen LogP contribution in [0.3, 0.4) is 0 Å². The Bertz CT molecular complexity index is 183. The van der Waals surface area contributed by atoms with Crippen molar-refractivity contribution in [3.8, 4) is 0 Å². The van der Waals surface area contributed by atoms with Crippen LogP contribution < -0.4 is 5.32 Å². The Balaban J connectivity index is 2.00. The molecular weight excluding hydrogens is 200 g/mol. The minimum Gasteiger partial charge on any atom is -0.373 e. The molecule has 1 N–H and O–H groups in total. The van der Waals surface area contributed by atoms with Crippen LogP contribution in [-0.4, -0.2) is 49.8 Å². The number of hydrogen-bond donors (Lipinski definition) is 1. The number of ether oxygens (including phenoxy) is 1. The summed E-state index contributed by atoms with van der Waals surface area (Å²) in [6.07, 6.45) is 3.96. The van der Waals surface area contributed by atoms with Crippen LogP contribution in [0.15, 0.2) is 0 Å². The number of hydrogen-bond acceptors (Lipinski definition) is 3. The predicted molar refractivity (Wildman–Crippen MR) is 68.9 cm³/mol. The Morgan fingerprint density at radius 1 is 1.25 bits per heavy atom. The fraction of sp³-hybridized carbons (Fsp3) is 1.00. The van der Waals surface area contributed by atoms with Gasteiger partial charge in [0.15, 0.2) is 0 Å². The molecule has 1 heterocycles. The Hall–Kier alpha value is -0.120. The molecule has 0 spiro atoms. The molecule has 1 aliphatic heterocycles. The van der Waals surface area contributed by atoms with Crippen molar-refractivity contribution in [1.29, 1.82) is 0 Å². The van der Waals surface area contributed by atoms with Crippen molar-refractivity contribution < 1.29 is 4.74 Å². The molecule has 0 unspecified atom stereocenters. The molecule has 1 saturated heterocycles. The van der Waals surface area contributed by atoms with Crippen molar-refractivity contribution in [2.75, 3.05) is 39.3 Å². The van der Waals surface area contributed by atoms with E-state index in [9.17, 15) is 0 Å². The maximum absolute atomic E-state index is 5.69. The summed E-state index contributed by atoms with van der Waals surface area (Å²) in [4.78, 5) is 2.50. The second-order valence-electron chi connectivity index (χ2n) is 5.34. The van der Waals surface area contributed by atoms with Gasteiger partial charge in [-0.2, -0.15) is 0 Å². The Morgan fingerprint density at radius 2 is 2.06 bits per heavy atom. The highest BCUT2D eigenvalue weighted by atomic mass is 16.5. The molecule has 1 fully saturated rings. The van der Waals surface area contributed by atoms with Crippen molar-refractivity contribution in [1.82, 2.24) is 10.2 Å². The van der Waals surface area contributed by atoms with Gasteiger partial charge < -0.3 is 10.1 Å². The predicted octanol–water partition coefficient (Wildman–Crippen LogP) is 1.88. The van der Waals surface area contributed by atoms with Crippen molar-refractivity contribution in [2.45, 2.75) is 45.6 Å². The fourth-order valence-corrected chi connectivity index (χ4v) is 2.17. The van der Waals surface area contributed by atoms with Gasteiger partial charge in [0.25, 0.3) is 0 Å². The van der Waals surface area contributed by atoms with Crippen LogP contribution in [0, 0.1) is 0 Å². The SMILES string of the molecule is CCCCCNCCN1CCOC(C)(C)C1. The zero-order chi connectivity index (χ0) is 11.9. The van der Waals surface area contributed by atoms with Crippen molar-refractivity contribution >= 4 is 0 Å². The first-order valence-corrected chi connectivity index (χ1v) is 6.71. The van der Waals surface area contributed by atoms with Crippen molar-refractivity contribution in [2.24, 2.45) is 0 Å². The second-order valence-corrected chi connectivity index (χ2v) is 5.34. The molecule has 0 aromatic heterocycles. The monoisotopic (exact) mass is 228 g/mol. The van der Waals surface area contributed by atoms with E-state index in [-0.39, 0.29) is 5.60 Å². The molecular formula is C13H28N2O. The molecule has 96 valence electrons. The van der Waals surface area contributed by atoms with Crippen LogP contribution in [0.5, 0.6) is 0 Å². The third-order valence-electron chi connectivity index (χ3n) is 3.07. The summed E-state index contributed by atoms with van der Waals surface area (Å²) in [6, 6.07) is 0. The highest BCUT2D eigenvalue weighted by Gasteiger charge is 2.26. The lowest BCUT2D eigenvalue weighted by atomic mass is 10.1. The number of unbranched alkanes of at least 4 members (excludes halogenated alkanes) is 2. The van der Waals surface area contributed by atoms with Gasteiger partial charge >= 0.3 is 0 Å². The van der Waals surface area contributed by atoms with Crippen LogP contribution >= 0.6 is 0 Å². The van der Waals surface area contributed by atoms with Gasteiger partial charge in [-0.25, -0.2) is 0 Å². The van der Waals surface area contributed by atoms with Crippen LogP contribution in [0.25, 0.3) is 0 Å². The fourth-order valence-electron chi connectivity index (χ4n) is 2.17. The lowest BCUT2D eigenvalue weighted by Crippen LogP contribution is -2.49. The summed E-state index contributed by atoms with van der Waals surface area (Å²) < 4.78 is 5.69. The van der Waals surface area contributed by atoms with E-state index in [1.54, 1.807) is 0 Å². The van der Waals surface area contributed by atoms with Gasteiger partial charge in [0.2, 0.25) is 0 Å². The molecule has 0 aromatic rings. The summed E-state index contributed by atoms with van der Waals surface area (Å²) >= 11 is 0. The van der Waals surface area contributed by atoms with Gasteiger partial charge in [-0.15, -0.1) is 0 Å².